The lowest BCUT2D eigenvalue weighted by atomic mass is 9.97. The highest BCUT2D eigenvalue weighted by atomic mass is 16.6. The van der Waals surface area contributed by atoms with Gasteiger partial charge in [-0.15, -0.1) is 0 Å². The molecule has 1 fully saturated rings. The molecule has 0 radical (unpaired) electrons. The number of cyclic esters (lactones) is 1. The fourth-order valence-corrected chi connectivity index (χ4v) is 3.42. The monoisotopic (exact) mass is 371 g/mol. The van der Waals surface area contributed by atoms with Crippen LogP contribution in [0.25, 0.3) is 5.57 Å². The Hall–Kier alpha value is -2.83. The molecule has 7 nitrogen and oxygen atoms in total. The summed E-state index contributed by atoms with van der Waals surface area (Å²) in [6.45, 7) is 2.07. The predicted molar refractivity (Wildman–Crippen MR) is 102 cm³/mol. The van der Waals surface area contributed by atoms with Crippen LogP contribution in [0.3, 0.4) is 0 Å². The minimum absolute atomic E-state index is 0.118. The SMILES string of the molecule is CC(=O)NC[C@H]1CN(c2ccc3c(c2)/C(=C/N(C)C)C(=O)CCC3)C(=O)O1. The van der Waals surface area contributed by atoms with E-state index in [1.165, 1.54) is 6.92 Å². The van der Waals surface area contributed by atoms with Gasteiger partial charge in [0.05, 0.1) is 13.1 Å². The molecule has 0 saturated carbocycles. The Morgan fingerprint density at radius 1 is 1.33 bits per heavy atom. The van der Waals surface area contributed by atoms with Crippen LogP contribution in [0.15, 0.2) is 24.4 Å². The van der Waals surface area contributed by atoms with Crippen molar-refractivity contribution in [3.05, 3.63) is 35.5 Å². The first-order valence-electron chi connectivity index (χ1n) is 9.12. The number of nitrogens with zero attached hydrogens (tertiary/aromatic N) is 2. The predicted octanol–water partition coefficient (Wildman–Crippen LogP) is 1.96. The van der Waals surface area contributed by atoms with Crippen LogP contribution in [0.5, 0.6) is 0 Å². The van der Waals surface area contributed by atoms with E-state index in [1.54, 1.807) is 4.90 Å². The topological polar surface area (TPSA) is 79.0 Å². The number of aryl methyl sites for hydroxylation is 1. The molecule has 0 unspecified atom stereocenters. The minimum Gasteiger partial charge on any atom is -0.442 e. The number of carbonyl (C=O) groups is 3. The number of fused-ring (bicyclic) bond motifs is 1. The highest BCUT2D eigenvalue weighted by Gasteiger charge is 2.33. The van der Waals surface area contributed by atoms with Crippen LogP contribution in [-0.4, -0.2) is 56.0 Å². The van der Waals surface area contributed by atoms with Crippen molar-refractivity contribution >= 4 is 29.0 Å². The molecule has 1 atom stereocenters. The van der Waals surface area contributed by atoms with Crippen molar-refractivity contribution in [1.82, 2.24) is 10.2 Å². The number of ketones is 1. The van der Waals surface area contributed by atoms with Gasteiger partial charge in [0.15, 0.2) is 5.78 Å². The van der Waals surface area contributed by atoms with E-state index in [2.05, 4.69) is 5.32 Å². The minimum atomic E-state index is -0.441. The van der Waals surface area contributed by atoms with Gasteiger partial charge in [0.25, 0.3) is 0 Å². The van der Waals surface area contributed by atoms with Gasteiger partial charge < -0.3 is 15.0 Å². The number of nitrogens with one attached hydrogen (secondary N) is 1. The highest BCUT2D eigenvalue weighted by Crippen LogP contribution is 2.32. The van der Waals surface area contributed by atoms with E-state index in [0.717, 1.165) is 24.0 Å². The average Bonchev–Trinajstić information content (AvgIpc) is 2.91. The summed E-state index contributed by atoms with van der Waals surface area (Å²) in [4.78, 5) is 39.3. The van der Waals surface area contributed by atoms with Gasteiger partial charge in [-0.25, -0.2) is 4.79 Å². The molecule has 1 heterocycles. The van der Waals surface area contributed by atoms with Crippen LogP contribution in [0.4, 0.5) is 10.5 Å². The quantitative estimate of drug-likeness (QED) is 0.647. The van der Waals surface area contributed by atoms with Crippen LogP contribution in [0.1, 0.15) is 30.9 Å². The molecule has 1 N–H and O–H groups in total. The van der Waals surface area contributed by atoms with Gasteiger partial charge in [-0.05, 0) is 36.1 Å². The molecule has 1 aliphatic carbocycles. The number of rotatable bonds is 4. The van der Waals surface area contributed by atoms with Crippen molar-refractivity contribution in [2.24, 2.45) is 0 Å². The summed E-state index contributed by atoms with van der Waals surface area (Å²) >= 11 is 0. The third-order valence-electron chi connectivity index (χ3n) is 4.69. The van der Waals surface area contributed by atoms with Gasteiger partial charge in [-0.1, -0.05) is 6.07 Å². The van der Waals surface area contributed by atoms with Crippen LogP contribution in [0.2, 0.25) is 0 Å². The van der Waals surface area contributed by atoms with E-state index in [4.69, 9.17) is 4.74 Å². The van der Waals surface area contributed by atoms with Gasteiger partial charge in [0, 0.05) is 44.9 Å². The number of carbonyl (C=O) groups excluding carboxylic acids is 3. The Morgan fingerprint density at radius 3 is 2.81 bits per heavy atom. The molecule has 144 valence electrons. The molecule has 7 heteroatoms. The average molecular weight is 371 g/mol. The van der Waals surface area contributed by atoms with Crippen LogP contribution in [-0.2, 0) is 20.7 Å². The van der Waals surface area contributed by atoms with Crippen molar-refractivity contribution < 1.29 is 19.1 Å². The number of allylic oxidation sites excluding steroid dienone is 1. The number of hydrogen-bond donors (Lipinski definition) is 1. The fraction of sp³-hybridized carbons (Fsp3) is 0.450. The molecule has 0 bridgehead atoms. The molecular weight excluding hydrogens is 346 g/mol. The lowest BCUT2D eigenvalue weighted by Gasteiger charge is -2.17. The van der Waals surface area contributed by atoms with Crippen molar-refractivity contribution in [3.63, 3.8) is 0 Å². The van der Waals surface area contributed by atoms with E-state index in [-0.39, 0.29) is 18.2 Å². The molecule has 3 rings (SSSR count). The zero-order chi connectivity index (χ0) is 19.6. The Kier molecular flexibility index (Phi) is 5.48. The lowest BCUT2D eigenvalue weighted by molar-refractivity contribution is -0.119. The molecule has 1 saturated heterocycles. The maximum atomic E-state index is 12.6. The molecule has 27 heavy (non-hydrogen) atoms. The first kappa shape index (κ1) is 18.9. The number of amides is 2. The first-order chi connectivity index (χ1) is 12.8. The van der Waals surface area contributed by atoms with Crippen molar-refractivity contribution in [1.29, 1.82) is 0 Å². The summed E-state index contributed by atoms with van der Waals surface area (Å²) in [6, 6.07) is 5.78. The zero-order valence-corrected chi connectivity index (χ0v) is 15.9. The van der Waals surface area contributed by atoms with Crippen molar-refractivity contribution in [2.45, 2.75) is 32.3 Å². The highest BCUT2D eigenvalue weighted by molar-refractivity contribution is 6.21. The Morgan fingerprint density at radius 2 is 2.11 bits per heavy atom. The third-order valence-corrected chi connectivity index (χ3v) is 4.69. The van der Waals surface area contributed by atoms with Crippen LogP contribution >= 0.6 is 0 Å². The smallest absolute Gasteiger partial charge is 0.414 e. The van der Waals surface area contributed by atoms with Crippen LogP contribution < -0.4 is 10.2 Å². The Bertz CT molecular complexity index is 800. The molecule has 2 amide bonds. The molecule has 1 aliphatic heterocycles. The number of anilines is 1. The molecule has 1 aromatic rings. The summed E-state index contributed by atoms with van der Waals surface area (Å²) in [5.41, 5.74) is 3.36. The van der Waals surface area contributed by atoms with E-state index >= 15 is 0 Å². The standard InChI is InChI=1S/C20H25N3O4/c1-13(24)21-10-16-11-23(20(26)27-16)15-8-7-14-5-4-6-19(25)18(12-22(2)3)17(14)9-15/h7-9,12,16H,4-6,10-11H2,1-3H3,(H,21,24)/b18-12-/t16-/m0/s1. The summed E-state index contributed by atoms with van der Waals surface area (Å²) in [6.07, 6.45) is 3.19. The Labute approximate surface area is 159 Å². The summed E-state index contributed by atoms with van der Waals surface area (Å²) in [5.74, 6) is -0.0429. The van der Waals surface area contributed by atoms with E-state index in [0.29, 0.717) is 24.2 Å². The summed E-state index contributed by atoms with van der Waals surface area (Å²) < 4.78 is 5.34. The first-order valence-corrected chi connectivity index (χ1v) is 9.12. The normalized spacial score (nSPS) is 20.9. The van der Waals surface area contributed by atoms with Gasteiger partial charge in [0.2, 0.25) is 5.91 Å². The third kappa shape index (κ3) is 4.30. The maximum absolute atomic E-state index is 12.6. The molecule has 0 aromatic heterocycles. The molecular formula is C20H25N3O4. The molecule has 1 aromatic carbocycles. The van der Waals surface area contributed by atoms with Gasteiger partial charge in [0.1, 0.15) is 6.10 Å². The number of ether oxygens (including phenoxy) is 1. The second kappa shape index (κ2) is 7.82. The summed E-state index contributed by atoms with van der Waals surface area (Å²) in [5, 5.41) is 2.67. The zero-order valence-electron chi connectivity index (χ0n) is 15.9. The van der Waals surface area contributed by atoms with Crippen LogP contribution in [0, 0.1) is 0 Å². The van der Waals surface area contributed by atoms with E-state index in [1.807, 2.05) is 43.4 Å². The number of hydrogen-bond acceptors (Lipinski definition) is 5. The summed E-state index contributed by atoms with van der Waals surface area (Å²) in [7, 11) is 3.78. The molecule has 0 spiro atoms. The van der Waals surface area contributed by atoms with Gasteiger partial charge in [-0.3, -0.25) is 14.5 Å². The van der Waals surface area contributed by atoms with Gasteiger partial charge in [-0.2, -0.15) is 0 Å². The van der Waals surface area contributed by atoms with E-state index in [9.17, 15) is 14.4 Å². The largest absolute Gasteiger partial charge is 0.442 e. The van der Waals surface area contributed by atoms with E-state index < -0.39 is 12.2 Å². The number of Topliss-reactive ketones (excluding diaryl/α,β-unsaturated/α-hetero) is 1. The second-order valence-electron chi connectivity index (χ2n) is 7.18. The van der Waals surface area contributed by atoms with Crippen molar-refractivity contribution in [2.75, 3.05) is 32.1 Å². The maximum Gasteiger partial charge on any atom is 0.414 e. The second-order valence-corrected chi connectivity index (χ2v) is 7.18. The lowest BCUT2D eigenvalue weighted by Crippen LogP contribution is -2.33. The van der Waals surface area contributed by atoms with Crippen molar-refractivity contribution in [3.8, 4) is 0 Å². The van der Waals surface area contributed by atoms with Gasteiger partial charge >= 0.3 is 6.09 Å². The molecule has 2 aliphatic rings. The number of benzene rings is 1. The fourth-order valence-electron chi connectivity index (χ4n) is 3.42. The Balaban J connectivity index is 1.89.